The lowest BCUT2D eigenvalue weighted by molar-refractivity contribution is 0.322. The highest BCUT2D eigenvalue weighted by molar-refractivity contribution is 5.79. The Bertz CT molecular complexity index is 582. The second-order valence-electron chi connectivity index (χ2n) is 4.58. The molecule has 2 aromatic rings. The van der Waals surface area contributed by atoms with Crippen molar-refractivity contribution in [1.82, 2.24) is 15.6 Å². The Morgan fingerprint density at radius 3 is 2.95 bits per heavy atom. The molecule has 0 radical (unpaired) electrons. The van der Waals surface area contributed by atoms with E-state index in [9.17, 15) is 0 Å². The Balaban J connectivity index is 1.81. The van der Waals surface area contributed by atoms with Gasteiger partial charge in [0.05, 0.1) is 12.9 Å². The largest absolute Gasteiger partial charge is 0.478 e. The highest BCUT2D eigenvalue weighted by Gasteiger charge is 2.05. The molecule has 0 unspecified atom stereocenters. The van der Waals surface area contributed by atoms with Crippen LogP contribution in [-0.4, -0.2) is 31.1 Å². The fraction of sp³-hybridized carbons (Fsp3) is 0.375. The normalized spacial score (nSPS) is 11.3. The van der Waals surface area contributed by atoms with E-state index in [4.69, 9.17) is 9.15 Å². The third kappa shape index (κ3) is 4.80. The summed E-state index contributed by atoms with van der Waals surface area (Å²) in [6, 6.07) is 7.73. The Kier molecular flexibility index (Phi) is 6.29. The first kappa shape index (κ1) is 15.9. The summed E-state index contributed by atoms with van der Waals surface area (Å²) in [5, 5.41) is 6.50. The zero-order valence-corrected chi connectivity index (χ0v) is 13.0. The van der Waals surface area contributed by atoms with Crippen LogP contribution >= 0.6 is 0 Å². The highest BCUT2D eigenvalue weighted by atomic mass is 16.5. The van der Waals surface area contributed by atoms with Crippen LogP contribution in [0.1, 0.15) is 18.2 Å². The molecule has 0 aliphatic heterocycles. The summed E-state index contributed by atoms with van der Waals surface area (Å²) in [6.07, 6.45) is 4.22. The van der Waals surface area contributed by atoms with Crippen molar-refractivity contribution in [2.45, 2.75) is 19.9 Å². The van der Waals surface area contributed by atoms with Crippen LogP contribution in [0.3, 0.4) is 0 Å². The maximum atomic E-state index is 5.51. The minimum absolute atomic E-state index is 0.597. The highest BCUT2D eigenvalue weighted by Crippen LogP contribution is 2.13. The number of rotatable bonds is 7. The average Bonchev–Trinajstić information content (AvgIpc) is 3.05. The van der Waals surface area contributed by atoms with Crippen molar-refractivity contribution in [3.8, 4) is 5.88 Å². The number of ether oxygens (including phenoxy) is 1. The van der Waals surface area contributed by atoms with Gasteiger partial charge in [-0.2, -0.15) is 0 Å². The van der Waals surface area contributed by atoms with Gasteiger partial charge >= 0.3 is 0 Å². The van der Waals surface area contributed by atoms with Crippen molar-refractivity contribution in [2.75, 3.05) is 20.2 Å². The van der Waals surface area contributed by atoms with Crippen LogP contribution in [0.15, 0.2) is 46.1 Å². The van der Waals surface area contributed by atoms with Crippen molar-refractivity contribution in [2.24, 2.45) is 4.99 Å². The van der Waals surface area contributed by atoms with Crippen LogP contribution in [0.25, 0.3) is 0 Å². The van der Waals surface area contributed by atoms with E-state index in [2.05, 4.69) is 20.6 Å². The lowest BCUT2D eigenvalue weighted by Crippen LogP contribution is -2.37. The third-order valence-corrected chi connectivity index (χ3v) is 3.04. The quantitative estimate of drug-likeness (QED) is 0.604. The van der Waals surface area contributed by atoms with Crippen LogP contribution in [0.2, 0.25) is 0 Å². The molecular weight excluding hydrogens is 280 g/mol. The molecule has 0 aliphatic carbocycles. The number of furan rings is 1. The molecule has 0 saturated heterocycles. The molecule has 2 aromatic heterocycles. The second-order valence-corrected chi connectivity index (χ2v) is 4.58. The van der Waals surface area contributed by atoms with Crippen molar-refractivity contribution < 1.29 is 9.15 Å². The monoisotopic (exact) mass is 302 g/mol. The first-order chi connectivity index (χ1) is 10.8. The van der Waals surface area contributed by atoms with Gasteiger partial charge in [0.25, 0.3) is 0 Å². The number of aromatic nitrogens is 1. The summed E-state index contributed by atoms with van der Waals surface area (Å²) in [6.45, 7) is 3.89. The van der Waals surface area contributed by atoms with Gasteiger partial charge in [-0.05, 0) is 25.1 Å². The molecule has 2 heterocycles. The minimum atomic E-state index is 0.597. The second kappa shape index (κ2) is 8.71. The Morgan fingerprint density at radius 2 is 2.23 bits per heavy atom. The van der Waals surface area contributed by atoms with Gasteiger partial charge in [0.15, 0.2) is 5.96 Å². The van der Waals surface area contributed by atoms with Gasteiger partial charge in [-0.3, -0.25) is 4.99 Å². The zero-order valence-electron chi connectivity index (χ0n) is 13.0. The van der Waals surface area contributed by atoms with Crippen LogP contribution in [0.5, 0.6) is 5.88 Å². The van der Waals surface area contributed by atoms with E-state index in [1.165, 1.54) is 0 Å². The Labute approximate surface area is 130 Å². The van der Waals surface area contributed by atoms with Gasteiger partial charge in [0.1, 0.15) is 5.76 Å². The maximum absolute atomic E-state index is 5.51. The summed E-state index contributed by atoms with van der Waals surface area (Å²) < 4.78 is 10.8. The predicted octanol–water partition coefficient (Wildman–Crippen LogP) is 1.98. The Hall–Kier alpha value is -2.50. The number of guanidine groups is 1. The van der Waals surface area contributed by atoms with Gasteiger partial charge in [0, 0.05) is 38.3 Å². The molecule has 6 heteroatoms. The lowest BCUT2D eigenvalue weighted by atomic mass is 10.2. The number of hydrogen-bond donors (Lipinski definition) is 2. The molecule has 0 aliphatic rings. The number of hydrogen-bond acceptors (Lipinski definition) is 4. The summed E-state index contributed by atoms with van der Waals surface area (Å²) in [5.41, 5.74) is 0.998. The van der Waals surface area contributed by atoms with Gasteiger partial charge in [-0.25, -0.2) is 4.98 Å². The molecular formula is C16H22N4O2. The summed E-state index contributed by atoms with van der Waals surface area (Å²) in [5.74, 6) is 2.34. The fourth-order valence-corrected chi connectivity index (χ4v) is 1.98. The number of nitrogens with zero attached hydrogens (tertiary/aromatic N) is 2. The molecule has 0 atom stereocenters. The molecule has 2 rings (SSSR count). The summed E-state index contributed by atoms with van der Waals surface area (Å²) >= 11 is 0. The average molecular weight is 302 g/mol. The molecule has 0 bridgehead atoms. The van der Waals surface area contributed by atoms with Crippen LogP contribution < -0.4 is 15.4 Å². The number of aliphatic imine (C=N–C) groups is 1. The van der Waals surface area contributed by atoms with Gasteiger partial charge < -0.3 is 19.8 Å². The smallest absolute Gasteiger partial charge is 0.218 e. The topological polar surface area (TPSA) is 71.7 Å². The maximum Gasteiger partial charge on any atom is 0.218 e. The summed E-state index contributed by atoms with van der Waals surface area (Å²) in [7, 11) is 1.74. The van der Waals surface area contributed by atoms with E-state index >= 15 is 0 Å². The third-order valence-electron chi connectivity index (χ3n) is 3.04. The first-order valence-corrected chi connectivity index (χ1v) is 7.37. The van der Waals surface area contributed by atoms with Crippen molar-refractivity contribution in [1.29, 1.82) is 0 Å². The van der Waals surface area contributed by atoms with Crippen molar-refractivity contribution in [3.05, 3.63) is 48.0 Å². The molecule has 22 heavy (non-hydrogen) atoms. The van der Waals surface area contributed by atoms with Crippen molar-refractivity contribution >= 4 is 5.96 Å². The number of nitrogens with one attached hydrogen (secondary N) is 2. The first-order valence-electron chi connectivity index (χ1n) is 7.37. The van der Waals surface area contributed by atoms with E-state index in [0.29, 0.717) is 19.0 Å². The molecule has 0 saturated carbocycles. The standard InChI is InChI=1S/C16H22N4O2/c1-3-21-15-13(6-4-9-18-15)12-20-16(17-2)19-10-8-14-7-5-11-22-14/h4-7,9,11H,3,8,10,12H2,1-2H3,(H2,17,19,20). The Morgan fingerprint density at radius 1 is 1.32 bits per heavy atom. The fourth-order valence-electron chi connectivity index (χ4n) is 1.98. The summed E-state index contributed by atoms with van der Waals surface area (Å²) in [4.78, 5) is 8.43. The SMILES string of the molecule is CCOc1ncccc1CNC(=NC)NCCc1ccco1. The molecule has 0 spiro atoms. The van der Waals surface area contributed by atoms with E-state index in [0.717, 1.165) is 30.2 Å². The van der Waals surface area contributed by atoms with E-state index in [-0.39, 0.29) is 0 Å². The molecule has 0 fully saturated rings. The molecule has 2 N–H and O–H groups in total. The predicted molar refractivity (Wildman–Crippen MR) is 86.0 cm³/mol. The van der Waals surface area contributed by atoms with Gasteiger partial charge in [0.2, 0.25) is 5.88 Å². The lowest BCUT2D eigenvalue weighted by Gasteiger charge is -2.13. The zero-order chi connectivity index (χ0) is 15.6. The van der Waals surface area contributed by atoms with Gasteiger partial charge in [-0.15, -0.1) is 0 Å². The number of pyridine rings is 1. The molecule has 6 nitrogen and oxygen atoms in total. The molecule has 0 aromatic carbocycles. The minimum Gasteiger partial charge on any atom is -0.478 e. The molecule has 0 amide bonds. The van der Waals surface area contributed by atoms with Crippen LogP contribution in [-0.2, 0) is 13.0 Å². The van der Waals surface area contributed by atoms with Crippen molar-refractivity contribution in [3.63, 3.8) is 0 Å². The molecule has 118 valence electrons. The van der Waals surface area contributed by atoms with Gasteiger partial charge in [-0.1, -0.05) is 6.07 Å². The van der Waals surface area contributed by atoms with E-state index < -0.39 is 0 Å². The van der Waals surface area contributed by atoms with Crippen LogP contribution in [0, 0.1) is 0 Å². The van der Waals surface area contributed by atoms with Crippen LogP contribution in [0.4, 0.5) is 0 Å². The van der Waals surface area contributed by atoms with E-state index in [1.54, 1.807) is 19.5 Å². The van der Waals surface area contributed by atoms with E-state index in [1.807, 2.05) is 31.2 Å².